The highest BCUT2D eigenvalue weighted by Crippen LogP contribution is 2.32. The third kappa shape index (κ3) is 5.19. The topological polar surface area (TPSA) is 56.8 Å². The van der Waals surface area contributed by atoms with Crippen molar-refractivity contribution in [2.45, 2.75) is 31.2 Å². The minimum absolute atomic E-state index is 0.228. The maximum absolute atomic E-state index is 14.0. The molecule has 40 heavy (non-hydrogen) atoms. The lowest BCUT2D eigenvalue weighted by Gasteiger charge is -2.35. The number of hydrogen-bond acceptors (Lipinski definition) is 6. The first kappa shape index (κ1) is 26.7. The van der Waals surface area contributed by atoms with Gasteiger partial charge in [-0.2, -0.15) is 4.37 Å². The van der Waals surface area contributed by atoms with Crippen molar-refractivity contribution in [2.24, 2.45) is 0 Å². The summed E-state index contributed by atoms with van der Waals surface area (Å²) in [4.78, 5) is 5.18. The number of aromatic nitrogens is 1. The smallest absolute Gasteiger partial charge is 0.264 e. The largest absolute Gasteiger partial charge is 0.353 e. The van der Waals surface area contributed by atoms with E-state index in [1.165, 1.54) is 10.1 Å². The van der Waals surface area contributed by atoms with Gasteiger partial charge < -0.3 is 4.90 Å². The Morgan fingerprint density at radius 1 is 0.850 bits per heavy atom. The van der Waals surface area contributed by atoms with E-state index in [9.17, 15) is 8.42 Å². The predicted molar refractivity (Wildman–Crippen MR) is 167 cm³/mol. The number of piperazine rings is 1. The van der Waals surface area contributed by atoms with Crippen LogP contribution in [0.25, 0.3) is 20.9 Å². The van der Waals surface area contributed by atoms with E-state index in [0.717, 1.165) is 67.0 Å². The molecule has 4 aromatic carbocycles. The van der Waals surface area contributed by atoms with Crippen molar-refractivity contribution in [3.8, 4) is 0 Å². The summed E-state index contributed by atoms with van der Waals surface area (Å²) in [5.41, 5.74) is 1.81. The number of benzene rings is 4. The second-order valence-corrected chi connectivity index (χ2v) is 13.2. The van der Waals surface area contributed by atoms with Gasteiger partial charge in [-0.15, -0.1) is 0 Å². The summed E-state index contributed by atoms with van der Waals surface area (Å²) in [6.45, 7) is 8.54. The molecule has 206 valence electrons. The molecular weight excluding hydrogens is 537 g/mol. The van der Waals surface area contributed by atoms with Gasteiger partial charge in [-0.1, -0.05) is 60.7 Å². The van der Waals surface area contributed by atoms with Gasteiger partial charge in [0.15, 0.2) is 0 Å². The van der Waals surface area contributed by atoms with Crippen LogP contribution in [0.5, 0.6) is 0 Å². The molecule has 1 saturated heterocycles. The maximum atomic E-state index is 14.0. The minimum atomic E-state index is -3.75. The van der Waals surface area contributed by atoms with Crippen molar-refractivity contribution in [3.05, 3.63) is 96.6 Å². The van der Waals surface area contributed by atoms with E-state index in [4.69, 9.17) is 4.37 Å². The van der Waals surface area contributed by atoms with Gasteiger partial charge in [-0.25, -0.2) is 8.42 Å². The summed E-state index contributed by atoms with van der Waals surface area (Å²) in [5.74, 6) is 1.09. The van der Waals surface area contributed by atoms with E-state index in [1.54, 1.807) is 28.0 Å². The molecule has 2 heterocycles. The second kappa shape index (κ2) is 11.2. The van der Waals surface area contributed by atoms with Gasteiger partial charge in [0.05, 0.1) is 15.3 Å². The third-order valence-electron chi connectivity index (χ3n) is 7.70. The summed E-state index contributed by atoms with van der Waals surface area (Å²) in [7, 11) is -3.75. The number of fused-ring (bicyclic) bond motifs is 2. The van der Waals surface area contributed by atoms with Crippen LogP contribution in [0.15, 0.2) is 95.9 Å². The van der Waals surface area contributed by atoms with Crippen LogP contribution >= 0.6 is 11.5 Å². The first-order chi connectivity index (χ1) is 19.4. The molecule has 6 rings (SSSR count). The van der Waals surface area contributed by atoms with Crippen LogP contribution in [0.2, 0.25) is 0 Å². The highest BCUT2D eigenvalue weighted by molar-refractivity contribution is 7.92. The zero-order valence-corrected chi connectivity index (χ0v) is 24.5. The fraction of sp³-hybridized carbons (Fsp3) is 0.281. The molecule has 6 nitrogen and oxygen atoms in total. The van der Waals surface area contributed by atoms with Crippen LogP contribution in [-0.2, 0) is 16.4 Å². The van der Waals surface area contributed by atoms with E-state index in [2.05, 4.69) is 40.1 Å². The molecule has 1 aliphatic heterocycles. The van der Waals surface area contributed by atoms with Crippen LogP contribution in [0.1, 0.15) is 19.4 Å². The fourth-order valence-electron chi connectivity index (χ4n) is 5.63. The van der Waals surface area contributed by atoms with Crippen molar-refractivity contribution in [3.63, 3.8) is 0 Å². The Labute approximate surface area is 240 Å². The van der Waals surface area contributed by atoms with Crippen molar-refractivity contribution in [2.75, 3.05) is 41.9 Å². The average molecular weight is 571 g/mol. The Hall–Kier alpha value is -3.46. The number of nitrogens with zero attached hydrogens (tertiary/aromatic N) is 4. The van der Waals surface area contributed by atoms with Gasteiger partial charge in [0.1, 0.15) is 5.82 Å². The summed E-state index contributed by atoms with van der Waals surface area (Å²) in [5, 5.41) is 3.18. The summed E-state index contributed by atoms with van der Waals surface area (Å²) in [6, 6.07) is 29.4. The standard InChI is InChI=1S/C32H34N4O2S2/c1-24(2)36(40(37,38)28-16-15-25-9-3-4-11-27(25)23-28)30-13-7-5-10-26(30)17-18-34-19-21-35(22-20-34)32-29-12-6-8-14-31(29)39-33-32/h3-16,23-24H,17-22H2,1-2H3. The molecule has 0 radical (unpaired) electrons. The highest BCUT2D eigenvalue weighted by atomic mass is 32.2. The molecular formula is C32H34N4O2S2. The quantitative estimate of drug-likeness (QED) is 0.216. The van der Waals surface area contributed by atoms with Crippen molar-refractivity contribution in [1.29, 1.82) is 0 Å². The number of rotatable bonds is 8. The van der Waals surface area contributed by atoms with Gasteiger partial charge >= 0.3 is 0 Å². The molecule has 0 bridgehead atoms. The molecule has 1 aromatic heterocycles. The predicted octanol–water partition coefficient (Wildman–Crippen LogP) is 6.42. The number of sulfonamides is 1. The molecule has 0 atom stereocenters. The molecule has 1 aliphatic rings. The van der Waals surface area contributed by atoms with Crippen LogP contribution in [-0.4, -0.2) is 56.5 Å². The Morgan fingerprint density at radius 2 is 1.55 bits per heavy atom. The van der Waals surface area contributed by atoms with Gasteiger partial charge in [0.25, 0.3) is 10.0 Å². The van der Waals surface area contributed by atoms with Crippen molar-refractivity contribution in [1.82, 2.24) is 9.27 Å². The molecule has 0 amide bonds. The molecule has 1 fully saturated rings. The van der Waals surface area contributed by atoms with Crippen molar-refractivity contribution >= 4 is 53.9 Å². The molecule has 0 spiro atoms. The van der Waals surface area contributed by atoms with E-state index >= 15 is 0 Å². The molecule has 0 unspecified atom stereocenters. The van der Waals surface area contributed by atoms with E-state index < -0.39 is 10.0 Å². The van der Waals surface area contributed by atoms with Gasteiger partial charge in [0, 0.05) is 44.2 Å². The fourth-order valence-corrected chi connectivity index (χ4v) is 8.16. The number of hydrogen-bond donors (Lipinski definition) is 0. The minimum Gasteiger partial charge on any atom is -0.353 e. The normalized spacial score (nSPS) is 14.8. The molecule has 0 N–H and O–H groups in total. The summed E-state index contributed by atoms with van der Waals surface area (Å²) in [6.07, 6.45) is 0.784. The van der Waals surface area contributed by atoms with E-state index in [-0.39, 0.29) is 6.04 Å². The highest BCUT2D eigenvalue weighted by Gasteiger charge is 2.29. The summed E-state index contributed by atoms with van der Waals surface area (Å²) >= 11 is 1.56. The van der Waals surface area contributed by atoms with Crippen LogP contribution in [0.4, 0.5) is 11.5 Å². The molecule has 5 aromatic rings. The lowest BCUT2D eigenvalue weighted by atomic mass is 10.1. The van der Waals surface area contributed by atoms with Gasteiger partial charge in [-0.3, -0.25) is 9.21 Å². The van der Waals surface area contributed by atoms with Crippen LogP contribution < -0.4 is 9.21 Å². The Kier molecular flexibility index (Phi) is 7.49. The SMILES string of the molecule is CC(C)N(c1ccccc1CCN1CCN(c2nsc3ccccc23)CC1)S(=O)(=O)c1ccc2ccccc2c1. The summed E-state index contributed by atoms with van der Waals surface area (Å²) < 4.78 is 35.6. The lowest BCUT2D eigenvalue weighted by molar-refractivity contribution is 0.261. The molecule has 0 saturated carbocycles. The van der Waals surface area contributed by atoms with Gasteiger partial charge in [-0.05, 0) is 78.5 Å². The zero-order chi connectivity index (χ0) is 27.7. The second-order valence-electron chi connectivity index (χ2n) is 10.6. The Bertz CT molecular complexity index is 1740. The monoisotopic (exact) mass is 570 g/mol. The van der Waals surface area contributed by atoms with Crippen LogP contribution in [0.3, 0.4) is 0 Å². The zero-order valence-electron chi connectivity index (χ0n) is 22.9. The molecule has 8 heteroatoms. The number of anilines is 2. The first-order valence-electron chi connectivity index (χ1n) is 13.8. The van der Waals surface area contributed by atoms with E-state index in [0.29, 0.717) is 4.90 Å². The Morgan fingerprint density at radius 3 is 2.35 bits per heavy atom. The Balaban J connectivity index is 1.18. The lowest BCUT2D eigenvalue weighted by Crippen LogP contribution is -2.47. The van der Waals surface area contributed by atoms with Gasteiger partial charge in [0.2, 0.25) is 0 Å². The van der Waals surface area contributed by atoms with E-state index in [1.807, 2.05) is 62.4 Å². The third-order valence-corrected chi connectivity index (χ3v) is 10.5. The maximum Gasteiger partial charge on any atom is 0.264 e. The van der Waals surface area contributed by atoms with Crippen molar-refractivity contribution < 1.29 is 8.42 Å². The average Bonchev–Trinajstić information content (AvgIpc) is 3.41. The number of para-hydroxylation sites is 1. The molecule has 0 aliphatic carbocycles. The first-order valence-corrected chi connectivity index (χ1v) is 16.1. The van der Waals surface area contributed by atoms with Crippen LogP contribution in [0, 0.1) is 0 Å².